The molecule has 0 saturated carbocycles. The van der Waals surface area contributed by atoms with E-state index < -0.39 is 15.8 Å². The van der Waals surface area contributed by atoms with Crippen molar-refractivity contribution in [3.8, 4) is 0 Å². The van der Waals surface area contributed by atoms with Gasteiger partial charge in [0.2, 0.25) is 10.0 Å². The number of fused-ring (bicyclic) bond motifs is 2. The third-order valence-corrected chi connectivity index (χ3v) is 6.76. The van der Waals surface area contributed by atoms with Crippen molar-refractivity contribution < 1.29 is 17.6 Å². The number of aryl methyl sites for hydroxylation is 1. The highest BCUT2D eigenvalue weighted by molar-refractivity contribution is 7.89. The van der Waals surface area contributed by atoms with Crippen LogP contribution in [0.2, 0.25) is 0 Å². The highest BCUT2D eigenvalue weighted by Crippen LogP contribution is 2.28. The van der Waals surface area contributed by atoms with Gasteiger partial charge in [-0.25, -0.2) is 28.3 Å². The van der Waals surface area contributed by atoms with Crippen molar-refractivity contribution in [1.29, 1.82) is 0 Å². The Labute approximate surface area is 195 Å². The number of nitrogens with zero attached hydrogens (tertiary/aromatic N) is 4. The van der Waals surface area contributed by atoms with Crippen LogP contribution in [0.15, 0.2) is 56.8 Å². The van der Waals surface area contributed by atoms with Crippen LogP contribution in [-0.2, 0) is 21.3 Å². The molecule has 11 nitrogen and oxygen atoms in total. The fraction of sp³-hybridized carbons (Fsp3) is 0.318. The van der Waals surface area contributed by atoms with Gasteiger partial charge in [-0.15, -0.1) is 0 Å². The van der Waals surface area contributed by atoms with Crippen molar-refractivity contribution in [2.75, 3.05) is 38.2 Å². The Morgan fingerprint density at radius 3 is 2.56 bits per heavy atom. The molecule has 1 aliphatic rings. The van der Waals surface area contributed by atoms with Crippen molar-refractivity contribution in [2.24, 2.45) is 5.14 Å². The van der Waals surface area contributed by atoms with Gasteiger partial charge in [-0.05, 0) is 36.8 Å². The van der Waals surface area contributed by atoms with Crippen molar-refractivity contribution >= 4 is 43.5 Å². The second-order valence-corrected chi connectivity index (χ2v) is 9.64. The molecule has 0 bridgehead atoms. The van der Waals surface area contributed by atoms with Gasteiger partial charge in [0, 0.05) is 43.3 Å². The fourth-order valence-electron chi connectivity index (χ4n) is 4.07. The van der Waals surface area contributed by atoms with Crippen LogP contribution < -0.4 is 16.2 Å². The Balaban J connectivity index is 1.43. The summed E-state index contributed by atoms with van der Waals surface area (Å²) in [5, 5.41) is 9.05. The van der Waals surface area contributed by atoms with E-state index in [4.69, 9.17) is 14.3 Å². The van der Waals surface area contributed by atoms with Gasteiger partial charge in [0.15, 0.2) is 5.58 Å². The number of ether oxygens (including phenoxy) is 1. The van der Waals surface area contributed by atoms with Gasteiger partial charge >= 0.3 is 5.76 Å². The molecule has 1 fully saturated rings. The smallest absolute Gasteiger partial charge is 0.408 e. The first kappa shape index (κ1) is 22.5. The van der Waals surface area contributed by atoms with Gasteiger partial charge in [0.25, 0.3) is 0 Å². The molecule has 34 heavy (non-hydrogen) atoms. The zero-order chi connectivity index (χ0) is 23.7. The number of rotatable bonds is 7. The number of sulfonamides is 1. The number of primary sulfonamides is 1. The zero-order valence-corrected chi connectivity index (χ0v) is 19.1. The minimum absolute atomic E-state index is 0.0202. The molecule has 0 spiro atoms. The molecule has 0 atom stereocenters. The minimum Gasteiger partial charge on any atom is -0.408 e. The molecular formula is C22H24N6O5S. The van der Waals surface area contributed by atoms with Crippen molar-refractivity contribution in [3.05, 3.63) is 53.3 Å². The Bertz CT molecular complexity index is 1490. The van der Waals surface area contributed by atoms with E-state index in [-0.39, 0.29) is 4.90 Å². The molecule has 5 rings (SSSR count). The molecule has 0 unspecified atom stereocenters. The standard InChI is InChI=1S/C22H24N6O5S/c23-34(30,31)16-4-2-15(3-5-16)26-21-17-12-19-20(13-18(17)24-14-25-21)33-22(29)28(19)7-1-6-27-8-10-32-11-9-27/h2-5,12-14H,1,6-11H2,(H2,23,30,31)(H,24,25,26). The highest BCUT2D eigenvalue weighted by atomic mass is 32.2. The molecule has 0 aliphatic carbocycles. The summed E-state index contributed by atoms with van der Waals surface area (Å²) >= 11 is 0. The summed E-state index contributed by atoms with van der Waals surface area (Å²) in [7, 11) is -3.77. The van der Waals surface area contributed by atoms with Gasteiger partial charge in [0.1, 0.15) is 12.1 Å². The van der Waals surface area contributed by atoms with Crippen LogP contribution in [0, 0.1) is 0 Å². The van der Waals surface area contributed by atoms with Crippen LogP contribution in [0.25, 0.3) is 22.0 Å². The minimum atomic E-state index is -3.77. The van der Waals surface area contributed by atoms with Crippen molar-refractivity contribution in [2.45, 2.75) is 17.9 Å². The second kappa shape index (κ2) is 9.14. The van der Waals surface area contributed by atoms with E-state index in [0.29, 0.717) is 40.1 Å². The summed E-state index contributed by atoms with van der Waals surface area (Å²) in [6.45, 7) is 4.68. The number of aromatic nitrogens is 3. The van der Waals surface area contributed by atoms with E-state index in [1.54, 1.807) is 22.8 Å². The maximum Gasteiger partial charge on any atom is 0.419 e. The Kier molecular flexibility index (Phi) is 6.04. The quantitative estimate of drug-likeness (QED) is 0.400. The summed E-state index contributed by atoms with van der Waals surface area (Å²) in [6.07, 6.45) is 2.21. The molecule has 0 amide bonds. The van der Waals surface area contributed by atoms with Crippen LogP contribution >= 0.6 is 0 Å². The normalized spacial score (nSPS) is 15.2. The zero-order valence-electron chi connectivity index (χ0n) is 18.3. The Morgan fingerprint density at radius 2 is 1.82 bits per heavy atom. The predicted octanol–water partition coefficient (Wildman–Crippen LogP) is 1.65. The topological polar surface area (TPSA) is 146 Å². The number of nitrogens with two attached hydrogens (primary N) is 1. The molecule has 4 aromatic rings. The lowest BCUT2D eigenvalue weighted by molar-refractivity contribution is 0.0369. The maximum absolute atomic E-state index is 12.5. The van der Waals surface area contributed by atoms with E-state index in [9.17, 15) is 13.2 Å². The van der Waals surface area contributed by atoms with Crippen LogP contribution in [0.5, 0.6) is 0 Å². The number of oxazole rings is 1. The highest BCUT2D eigenvalue weighted by Gasteiger charge is 2.15. The number of morpholine rings is 1. The van der Waals surface area contributed by atoms with Gasteiger partial charge in [-0.1, -0.05) is 0 Å². The molecule has 0 radical (unpaired) electrons. The van der Waals surface area contributed by atoms with Crippen LogP contribution in [0.1, 0.15) is 6.42 Å². The maximum atomic E-state index is 12.5. The Morgan fingerprint density at radius 1 is 1.06 bits per heavy atom. The van der Waals surface area contributed by atoms with Gasteiger partial charge in [0.05, 0.1) is 29.1 Å². The van der Waals surface area contributed by atoms with E-state index in [0.717, 1.165) is 39.3 Å². The Hall–Kier alpha value is -3.32. The summed E-state index contributed by atoms with van der Waals surface area (Å²) in [5.41, 5.74) is 2.37. The SMILES string of the molecule is NS(=O)(=O)c1ccc(Nc2ncnc3cc4oc(=O)n(CCCN5CCOCC5)c4cc23)cc1. The van der Waals surface area contributed by atoms with Gasteiger partial charge in [-0.2, -0.15) is 0 Å². The lowest BCUT2D eigenvalue weighted by atomic mass is 10.2. The molecule has 2 aromatic carbocycles. The van der Waals surface area contributed by atoms with Gasteiger partial charge < -0.3 is 14.5 Å². The number of hydrogen-bond acceptors (Lipinski definition) is 9. The van der Waals surface area contributed by atoms with E-state index in [1.807, 2.05) is 6.07 Å². The van der Waals surface area contributed by atoms with E-state index in [2.05, 4.69) is 20.2 Å². The van der Waals surface area contributed by atoms with Gasteiger partial charge in [-0.3, -0.25) is 9.47 Å². The summed E-state index contributed by atoms with van der Waals surface area (Å²) in [6, 6.07) is 9.60. The lowest BCUT2D eigenvalue weighted by Crippen LogP contribution is -2.37. The van der Waals surface area contributed by atoms with Crippen LogP contribution in [-0.4, -0.2) is 60.7 Å². The molecule has 178 valence electrons. The first-order chi connectivity index (χ1) is 16.4. The molecular weight excluding hydrogens is 460 g/mol. The average Bonchev–Trinajstić information content (AvgIpc) is 3.12. The number of anilines is 2. The van der Waals surface area contributed by atoms with Crippen LogP contribution in [0.3, 0.4) is 0 Å². The number of benzene rings is 2. The average molecular weight is 485 g/mol. The molecule has 1 aliphatic heterocycles. The largest absolute Gasteiger partial charge is 0.419 e. The predicted molar refractivity (Wildman–Crippen MR) is 127 cm³/mol. The third-order valence-electron chi connectivity index (χ3n) is 5.83. The fourth-order valence-corrected chi connectivity index (χ4v) is 4.58. The van der Waals surface area contributed by atoms with E-state index >= 15 is 0 Å². The van der Waals surface area contributed by atoms with Crippen molar-refractivity contribution in [1.82, 2.24) is 19.4 Å². The summed E-state index contributed by atoms with van der Waals surface area (Å²) in [5.74, 6) is 0.108. The second-order valence-electron chi connectivity index (χ2n) is 8.08. The molecule has 2 aromatic heterocycles. The lowest BCUT2D eigenvalue weighted by Gasteiger charge is -2.26. The first-order valence-corrected chi connectivity index (χ1v) is 12.4. The van der Waals surface area contributed by atoms with E-state index in [1.165, 1.54) is 18.5 Å². The first-order valence-electron chi connectivity index (χ1n) is 10.9. The summed E-state index contributed by atoms with van der Waals surface area (Å²) < 4.78 is 35.5. The number of hydrogen-bond donors (Lipinski definition) is 2. The molecule has 3 N–H and O–H groups in total. The molecule has 3 heterocycles. The molecule has 12 heteroatoms. The molecule has 1 saturated heterocycles. The van der Waals surface area contributed by atoms with Crippen LogP contribution in [0.4, 0.5) is 11.5 Å². The monoisotopic (exact) mass is 484 g/mol. The number of nitrogens with one attached hydrogen (secondary N) is 1. The van der Waals surface area contributed by atoms with Crippen molar-refractivity contribution in [3.63, 3.8) is 0 Å². The summed E-state index contributed by atoms with van der Waals surface area (Å²) in [4.78, 5) is 23.5. The third kappa shape index (κ3) is 4.66.